The quantitative estimate of drug-likeness (QED) is 0.221. The van der Waals surface area contributed by atoms with Crippen LogP contribution in [0.15, 0.2) is 82.4 Å². The average Bonchev–Trinajstić information content (AvgIpc) is 2.79. The Bertz CT molecular complexity index is 1030. The summed E-state index contributed by atoms with van der Waals surface area (Å²) in [4.78, 5) is 11.9. The second kappa shape index (κ2) is 12.4. The molecule has 0 unspecified atom stereocenters. The Labute approximate surface area is 195 Å². The summed E-state index contributed by atoms with van der Waals surface area (Å²) in [5, 5.41) is 6.69. The summed E-state index contributed by atoms with van der Waals surface area (Å²) in [5.74, 6) is 1.93. The number of urea groups is 1. The van der Waals surface area contributed by atoms with Crippen LogP contribution in [-0.2, 0) is 0 Å². The fraction of sp³-hybridized carbons (Fsp3) is 0.167. The number of hydrazone groups is 1. The van der Waals surface area contributed by atoms with Gasteiger partial charge >= 0.3 is 6.03 Å². The molecule has 0 radical (unpaired) electrons. The average molecular weight is 498 g/mol. The summed E-state index contributed by atoms with van der Waals surface area (Å²) in [6.07, 6.45) is 1.53. The molecule has 0 saturated heterocycles. The van der Waals surface area contributed by atoms with Crippen molar-refractivity contribution < 1.29 is 19.0 Å². The van der Waals surface area contributed by atoms with Crippen molar-refractivity contribution in [3.05, 3.63) is 82.8 Å². The molecular formula is C24H24BrN3O4. The Morgan fingerprint density at radius 1 is 0.969 bits per heavy atom. The molecule has 0 aliphatic rings. The Morgan fingerprint density at radius 3 is 2.38 bits per heavy atom. The number of anilines is 1. The molecule has 166 valence electrons. The standard InChI is InChI=1S/C24H24BrN3O4/c1-2-30-22-16-18(17-26-28-24(29)27-19-9-5-3-6-10-19)15-21(25)23(22)32-14-13-31-20-11-7-4-8-12-20/h3-12,15-17H,2,13-14H2,1H3,(H2,27,28,29). The molecule has 0 fully saturated rings. The number of nitrogens with zero attached hydrogens (tertiary/aromatic N) is 1. The predicted octanol–water partition coefficient (Wildman–Crippen LogP) is 5.46. The van der Waals surface area contributed by atoms with Gasteiger partial charge in [0.15, 0.2) is 11.5 Å². The van der Waals surface area contributed by atoms with E-state index in [1.165, 1.54) is 6.21 Å². The molecule has 3 aromatic carbocycles. The van der Waals surface area contributed by atoms with Crippen molar-refractivity contribution in [2.75, 3.05) is 25.1 Å². The van der Waals surface area contributed by atoms with Crippen LogP contribution in [-0.4, -0.2) is 32.1 Å². The third-order valence-corrected chi connectivity index (χ3v) is 4.67. The molecule has 0 saturated carbocycles. The number of hydrogen-bond acceptors (Lipinski definition) is 5. The second-order valence-corrected chi connectivity index (χ2v) is 7.32. The number of rotatable bonds is 10. The number of nitrogens with one attached hydrogen (secondary N) is 2. The zero-order chi connectivity index (χ0) is 22.6. The summed E-state index contributed by atoms with van der Waals surface area (Å²) >= 11 is 3.52. The van der Waals surface area contributed by atoms with Crippen molar-refractivity contribution >= 4 is 33.9 Å². The number of carbonyl (C=O) groups is 1. The Hall–Kier alpha value is -3.52. The summed E-state index contributed by atoms with van der Waals surface area (Å²) in [5.41, 5.74) is 3.85. The summed E-state index contributed by atoms with van der Waals surface area (Å²) in [6, 6.07) is 21.9. The van der Waals surface area contributed by atoms with Gasteiger partial charge in [0.25, 0.3) is 0 Å². The smallest absolute Gasteiger partial charge is 0.339 e. The van der Waals surface area contributed by atoms with Crippen LogP contribution in [0.1, 0.15) is 12.5 Å². The number of benzene rings is 3. The fourth-order valence-electron chi connectivity index (χ4n) is 2.73. The highest BCUT2D eigenvalue weighted by Crippen LogP contribution is 2.36. The number of amides is 2. The first-order valence-electron chi connectivity index (χ1n) is 10.1. The number of carbonyl (C=O) groups excluding carboxylic acids is 1. The van der Waals surface area contributed by atoms with Crippen molar-refractivity contribution in [3.8, 4) is 17.2 Å². The summed E-state index contributed by atoms with van der Waals surface area (Å²) < 4.78 is 18.0. The van der Waals surface area contributed by atoms with Gasteiger partial charge in [-0.3, -0.25) is 0 Å². The van der Waals surface area contributed by atoms with Crippen LogP contribution in [0.5, 0.6) is 17.2 Å². The van der Waals surface area contributed by atoms with Crippen molar-refractivity contribution in [1.82, 2.24) is 5.43 Å². The van der Waals surface area contributed by atoms with Crippen LogP contribution in [0.25, 0.3) is 0 Å². The molecular weight excluding hydrogens is 474 g/mol. The fourth-order valence-corrected chi connectivity index (χ4v) is 3.31. The second-order valence-electron chi connectivity index (χ2n) is 6.46. The maximum absolute atomic E-state index is 11.9. The lowest BCUT2D eigenvalue weighted by molar-refractivity contribution is 0.207. The highest BCUT2D eigenvalue weighted by Gasteiger charge is 2.12. The van der Waals surface area contributed by atoms with Gasteiger partial charge in [-0.25, -0.2) is 10.2 Å². The van der Waals surface area contributed by atoms with Crippen LogP contribution >= 0.6 is 15.9 Å². The SMILES string of the molecule is CCOc1cc(C=NNC(=O)Nc2ccccc2)cc(Br)c1OCCOc1ccccc1. The van der Waals surface area contributed by atoms with Crippen LogP contribution in [0.2, 0.25) is 0 Å². The van der Waals surface area contributed by atoms with E-state index >= 15 is 0 Å². The molecule has 0 heterocycles. The minimum Gasteiger partial charge on any atom is -0.490 e. The molecule has 0 atom stereocenters. The topological polar surface area (TPSA) is 81.2 Å². The van der Waals surface area contributed by atoms with E-state index in [0.717, 1.165) is 11.3 Å². The highest BCUT2D eigenvalue weighted by molar-refractivity contribution is 9.10. The van der Waals surface area contributed by atoms with Gasteiger partial charge in [0, 0.05) is 5.69 Å². The lowest BCUT2D eigenvalue weighted by atomic mass is 10.2. The molecule has 0 spiro atoms. The predicted molar refractivity (Wildman–Crippen MR) is 129 cm³/mol. The van der Waals surface area contributed by atoms with Gasteiger partial charge in [-0.1, -0.05) is 36.4 Å². The Kier molecular flexibility index (Phi) is 8.94. The number of ether oxygens (including phenoxy) is 3. The van der Waals surface area contributed by atoms with Crippen molar-refractivity contribution in [2.45, 2.75) is 6.92 Å². The molecule has 3 aromatic rings. The van der Waals surface area contributed by atoms with Gasteiger partial charge in [0.05, 0.1) is 17.3 Å². The van der Waals surface area contributed by atoms with Crippen LogP contribution < -0.4 is 25.0 Å². The lowest BCUT2D eigenvalue weighted by Gasteiger charge is -2.15. The molecule has 7 nitrogen and oxygen atoms in total. The summed E-state index contributed by atoms with van der Waals surface area (Å²) in [7, 11) is 0. The van der Waals surface area contributed by atoms with Crippen molar-refractivity contribution in [1.29, 1.82) is 0 Å². The first-order valence-corrected chi connectivity index (χ1v) is 10.9. The normalized spacial score (nSPS) is 10.6. The minimum atomic E-state index is -0.435. The molecule has 32 heavy (non-hydrogen) atoms. The van der Waals surface area contributed by atoms with Crippen LogP contribution in [0.4, 0.5) is 10.5 Å². The molecule has 0 bridgehead atoms. The minimum absolute atomic E-state index is 0.349. The molecule has 0 aliphatic carbocycles. The highest BCUT2D eigenvalue weighted by atomic mass is 79.9. The zero-order valence-corrected chi connectivity index (χ0v) is 19.2. The van der Waals surface area contributed by atoms with E-state index in [1.54, 1.807) is 18.2 Å². The monoisotopic (exact) mass is 497 g/mol. The summed E-state index contributed by atoms with van der Waals surface area (Å²) in [6.45, 7) is 3.11. The van der Waals surface area contributed by atoms with Gasteiger partial charge in [0.2, 0.25) is 0 Å². The maximum atomic E-state index is 11.9. The van der Waals surface area contributed by atoms with E-state index < -0.39 is 6.03 Å². The van der Waals surface area contributed by atoms with E-state index in [-0.39, 0.29) is 0 Å². The van der Waals surface area contributed by atoms with Gasteiger partial charge in [-0.05, 0) is 64.8 Å². The first-order chi connectivity index (χ1) is 15.7. The lowest BCUT2D eigenvalue weighted by Crippen LogP contribution is -2.24. The molecule has 2 amide bonds. The number of halogens is 1. The van der Waals surface area contributed by atoms with Crippen molar-refractivity contribution in [3.63, 3.8) is 0 Å². The van der Waals surface area contributed by atoms with Gasteiger partial charge in [-0.2, -0.15) is 5.10 Å². The zero-order valence-electron chi connectivity index (χ0n) is 17.6. The van der Waals surface area contributed by atoms with Crippen LogP contribution in [0, 0.1) is 0 Å². The van der Waals surface area contributed by atoms with Gasteiger partial charge in [0.1, 0.15) is 19.0 Å². The number of hydrogen-bond donors (Lipinski definition) is 2. The molecule has 0 aromatic heterocycles. The molecule has 8 heteroatoms. The van der Waals surface area contributed by atoms with Crippen LogP contribution in [0.3, 0.4) is 0 Å². The maximum Gasteiger partial charge on any atom is 0.339 e. The Morgan fingerprint density at radius 2 is 1.66 bits per heavy atom. The molecule has 3 rings (SSSR count). The van der Waals surface area contributed by atoms with Gasteiger partial charge < -0.3 is 19.5 Å². The van der Waals surface area contributed by atoms with E-state index in [2.05, 4.69) is 31.8 Å². The Balaban J connectivity index is 1.57. The van der Waals surface area contributed by atoms with E-state index in [0.29, 0.717) is 41.5 Å². The molecule has 2 N–H and O–H groups in total. The first kappa shape index (κ1) is 23.1. The van der Waals surface area contributed by atoms with Gasteiger partial charge in [-0.15, -0.1) is 0 Å². The number of para-hydroxylation sites is 2. The van der Waals surface area contributed by atoms with E-state index in [9.17, 15) is 4.79 Å². The van der Waals surface area contributed by atoms with Crippen molar-refractivity contribution in [2.24, 2.45) is 5.10 Å². The van der Waals surface area contributed by atoms with E-state index in [1.807, 2.05) is 61.5 Å². The van der Waals surface area contributed by atoms with E-state index in [4.69, 9.17) is 14.2 Å². The molecule has 0 aliphatic heterocycles. The largest absolute Gasteiger partial charge is 0.490 e. The third-order valence-electron chi connectivity index (χ3n) is 4.08. The third kappa shape index (κ3) is 7.31.